The van der Waals surface area contributed by atoms with Crippen molar-refractivity contribution in [2.75, 3.05) is 0 Å². The molecule has 0 amide bonds. The van der Waals surface area contributed by atoms with Crippen LogP contribution >= 0.6 is 0 Å². The minimum absolute atomic E-state index is 0.650. The Morgan fingerprint density at radius 1 is 0.684 bits per heavy atom. The summed E-state index contributed by atoms with van der Waals surface area (Å²) in [5, 5.41) is 0. The van der Waals surface area contributed by atoms with Crippen molar-refractivity contribution in [3.05, 3.63) is 82.9 Å². The summed E-state index contributed by atoms with van der Waals surface area (Å²) in [5.74, 6) is 0. The summed E-state index contributed by atoms with van der Waals surface area (Å²) in [6.07, 6.45) is 9.69. The third kappa shape index (κ3) is 7.33. The van der Waals surface area contributed by atoms with E-state index in [0.717, 1.165) is 0 Å². The molecule has 0 aromatic heterocycles. The van der Waals surface area contributed by atoms with Gasteiger partial charge in [0.25, 0.3) is 0 Å². The molecule has 0 spiro atoms. The first-order valence-electron chi connectivity index (χ1n) is 10.6. The first-order chi connectivity index (χ1) is 17.0. The van der Waals surface area contributed by atoms with Gasteiger partial charge in [0.15, 0.2) is 0 Å². The molecule has 0 fully saturated rings. The fourth-order valence-electron chi connectivity index (χ4n) is 4.35. The number of fused-ring (bicyclic) bond motifs is 2. The zero-order valence-corrected chi connectivity index (χ0v) is 25.4. The number of benzene rings is 2. The third-order valence-electron chi connectivity index (χ3n) is 6.23. The first kappa shape index (κ1) is 32.6. The van der Waals surface area contributed by atoms with Crippen molar-refractivity contribution in [2.24, 2.45) is 0 Å². The number of hydrogen-bond donors (Lipinski definition) is 2. The Morgan fingerprint density at radius 3 is 1.21 bits per heavy atom. The minimum atomic E-state index is -5.84. The summed E-state index contributed by atoms with van der Waals surface area (Å²) >= 11 is -3.02. The van der Waals surface area contributed by atoms with Crippen molar-refractivity contribution < 1.29 is 69.7 Å². The molecular weight excluding hydrogens is 658 g/mol. The Kier molecular flexibility index (Phi) is 9.25. The molecule has 210 valence electrons. The molecule has 2 aliphatic carbocycles. The van der Waals surface area contributed by atoms with Crippen LogP contribution in [0.3, 0.4) is 0 Å². The summed E-state index contributed by atoms with van der Waals surface area (Å²) in [5.41, 5.74) is -5.09. The Balaban J connectivity index is 0.000000264. The predicted octanol–water partition coefficient (Wildman–Crippen LogP) is 5.64. The summed E-state index contributed by atoms with van der Waals surface area (Å²) in [4.78, 5) is 0. The van der Waals surface area contributed by atoms with Crippen LogP contribution in [0.1, 0.15) is 29.5 Å². The molecule has 0 heterocycles. The second kappa shape index (κ2) is 10.8. The molecule has 2 unspecified atom stereocenters. The van der Waals surface area contributed by atoms with Crippen LogP contribution in [0, 0.1) is 0 Å². The van der Waals surface area contributed by atoms with Gasteiger partial charge in [0.1, 0.15) is 0 Å². The molecule has 2 aromatic rings. The van der Waals surface area contributed by atoms with E-state index in [1.165, 1.54) is 11.1 Å². The molecular formula is C22H24F6O6S2SiZr. The van der Waals surface area contributed by atoms with Gasteiger partial charge in [0.2, 0.25) is 0 Å². The predicted molar refractivity (Wildman–Crippen MR) is 132 cm³/mol. The second-order valence-corrected chi connectivity index (χ2v) is 43.2. The fourth-order valence-corrected chi connectivity index (χ4v) is 19.4. The summed E-state index contributed by atoms with van der Waals surface area (Å²) < 4.78 is 122. The van der Waals surface area contributed by atoms with E-state index in [-0.39, 0.29) is 0 Å². The molecule has 2 aromatic carbocycles. The Bertz CT molecular complexity index is 1430. The molecule has 16 heteroatoms. The van der Waals surface area contributed by atoms with E-state index >= 15 is 0 Å². The number of hydrogen-bond acceptors (Lipinski definition) is 4. The normalized spacial score (nSPS) is 19.0. The van der Waals surface area contributed by atoms with Crippen LogP contribution < -0.4 is 0 Å². The van der Waals surface area contributed by atoms with Gasteiger partial charge in [0.05, 0.1) is 0 Å². The van der Waals surface area contributed by atoms with Gasteiger partial charge < -0.3 is 0 Å². The SMILES string of the molecule is O=S(=O)(O)C(F)(F)F.O=S(=O)(O)C(F)(F)F.[CH3][Zr]([CH3])(=[SiH2])([CH]1C=Cc2ccccc21)[CH]1C=Cc2ccccc21. The molecule has 4 rings (SSSR count). The topological polar surface area (TPSA) is 109 Å². The molecule has 0 saturated carbocycles. The molecule has 6 nitrogen and oxygen atoms in total. The average molecular weight is 682 g/mol. The molecule has 38 heavy (non-hydrogen) atoms. The number of allylic oxidation sites excluding steroid dienone is 2. The quantitative estimate of drug-likeness (QED) is 0.184. The number of rotatable bonds is 2. The second-order valence-electron chi connectivity index (χ2n) is 9.71. The molecule has 0 aliphatic heterocycles. The van der Waals surface area contributed by atoms with Gasteiger partial charge in [-0.3, -0.25) is 9.11 Å². The van der Waals surface area contributed by atoms with Gasteiger partial charge in [-0.1, -0.05) is 0 Å². The van der Waals surface area contributed by atoms with Crippen molar-refractivity contribution in [1.82, 2.24) is 0 Å². The van der Waals surface area contributed by atoms with Crippen LogP contribution in [0.5, 0.6) is 0 Å². The Labute approximate surface area is 218 Å². The van der Waals surface area contributed by atoms with Gasteiger partial charge in [0, 0.05) is 0 Å². The number of alkyl halides is 6. The number of halogens is 6. The van der Waals surface area contributed by atoms with Gasteiger partial charge in [-0.2, -0.15) is 43.2 Å². The van der Waals surface area contributed by atoms with Crippen LogP contribution in [0.2, 0.25) is 9.26 Å². The van der Waals surface area contributed by atoms with E-state index in [9.17, 15) is 26.3 Å². The molecule has 0 radical (unpaired) electrons. The summed E-state index contributed by atoms with van der Waals surface area (Å²) in [6.45, 7) is 2.37. The first-order valence-corrected chi connectivity index (χ1v) is 27.2. The monoisotopic (exact) mass is 680 g/mol. The van der Waals surface area contributed by atoms with E-state index in [2.05, 4.69) is 89.0 Å². The van der Waals surface area contributed by atoms with Gasteiger partial charge in [-0.15, -0.1) is 0 Å². The Hall–Kier alpha value is -1.58. The van der Waals surface area contributed by atoms with E-state index in [4.69, 9.17) is 25.9 Å². The maximum absolute atomic E-state index is 10.7. The van der Waals surface area contributed by atoms with Gasteiger partial charge >= 0.3 is 167 Å². The van der Waals surface area contributed by atoms with Crippen molar-refractivity contribution in [1.29, 1.82) is 0 Å². The summed E-state index contributed by atoms with van der Waals surface area (Å²) in [6, 6.07) is 17.9. The summed E-state index contributed by atoms with van der Waals surface area (Å²) in [7, 11) is -11.7. The molecule has 2 N–H and O–H groups in total. The molecule has 0 bridgehead atoms. The van der Waals surface area contributed by atoms with Crippen molar-refractivity contribution in [3.63, 3.8) is 0 Å². The van der Waals surface area contributed by atoms with E-state index < -0.39 is 48.7 Å². The van der Waals surface area contributed by atoms with E-state index in [1.807, 2.05) is 0 Å². The third-order valence-corrected chi connectivity index (χ3v) is 25.1. The Morgan fingerprint density at radius 2 is 0.947 bits per heavy atom. The van der Waals surface area contributed by atoms with Gasteiger partial charge in [-0.05, 0) is 0 Å². The molecule has 2 atom stereocenters. The fraction of sp³-hybridized carbons (Fsp3) is 0.273. The van der Waals surface area contributed by atoms with E-state index in [1.54, 1.807) is 11.1 Å². The average Bonchev–Trinajstić information content (AvgIpc) is 3.37. The van der Waals surface area contributed by atoms with Crippen molar-refractivity contribution in [3.8, 4) is 0 Å². The van der Waals surface area contributed by atoms with E-state index in [0.29, 0.717) is 7.25 Å². The van der Waals surface area contributed by atoms with Gasteiger partial charge in [-0.25, -0.2) is 0 Å². The standard InChI is InChI=1S/2C9H7.2CHF3O3S.2CH3.H2Si.Zr/c2*1-2-5-9-7-3-6-8(9)4-1;2*2-1(3,4)8(5,6)7;;;;/h2*1-7H;2*(H,5,6,7);2*1H3;1H2;. The molecule has 0 saturated heterocycles. The molecule has 2 aliphatic rings. The van der Waals surface area contributed by atoms with Crippen molar-refractivity contribution in [2.45, 2.75) is 27.5 Å². The van der Waals surface area contributed by atoms with Crippen LogP contribution in [-0.2, 0) is 37.6 Å². The zero-order valence-electron chi connectivity index (χ0n) is 19.9. The zero-order chi connectivity index (χ0) is 29.4. The van der Waals surface area contributed by atoms with Crippen LogP contribution in [0.15, 0.2) is 60.7 Å². The maximum atomic E-state index is 10.7. The van der Waals surface area contributed by atoms with Crippen molar-refractivity contribution >= 4 is 39.3 Å². The van der Waals surface area contributed by atoms with Crippen LogP contribution in [0.4, 0.5) is 26.3 Å². The van der Waals surface area contributed by atoms with Crippen LogP contribution in [0.25, 0.3) is 12.2 Å². The van der Waals surface area contributed by atoms with Crippen LogP contribution in [-0.4, -0.2) is 43.8 Å².